The normalized spacial score (nSPS) is 25.8. The Morgan fingerprint density at radius 3 is 2.78 bits per heavy atom. The molecule has 3 heteroatoms. The van der Waals surface area contributed by atoms with Gasteiger partial charge in [-0.1, -0.05) is 0 Å². The van der Waals surface area contributed by atoms with E-state index in [1.165, 1.54) is 17.1 Å². The molecule has 0 saturated carbocycles. The first-order valence-corrected chi connectivity index (χ1v) is 2.72. The van der Waals surface area contributed by atoms with Gasteiger partial charge in [-0.15, -0.1) is 0 Å². The van der Waals surface area contributed by atoms with Gasteiger partial charge in [-0.2, -0.15) is 0 Å². The highest BCUT2D eigenvalue weighted by molar-refractivity contribution is 5.90. The van der Waals surface area contributed by atoms with E-state index in [9.17, 15) is 4.79 Å². The molecule has 0 saturated heterocycles. The molecule has 0 aromatic carbocycles. The molecular formula is C6H8NO2. The van der Waals surface area contributed by atoms with Crippen LogP contribution < -0.4 is 0 Å². The minimum atomic E-state index is -0.755. The maximum absolute atomic E-state index is 10.7. The summed E-state index contributed by atoms with van der Waals surface area (Å²) in [5.41, 5.74) is 0. The van der Waals surface area contributed by atoms with Gasteiger partial charge in [-0.05, 0) is 13.0 Å². The Morgan fingerprint density at radius 1 is 1.89 bits per heavy atom. The topological polar surface area (TPSA) is 40.5 Å². The Hall–Kier alpha value is -0.830. The Morgan fingerprint density at radius 2 is 2.56 bits per heavy atom. The Kier molecular flexibility index (Phi) is 1.53. The van der Waals surface area contributed by atoms with Crippen LogP contribution in [0.2, 0.25) is 0 Å². The summed E-state index contributed by atoms with van der Waals surface area (Å²) in [6.07, 6.45) is 2.03. The Labute approximate surface area is 53.6 Å². The second kappa shape index (κ2) is 2.19. The molecule has 1 aliphatic heterocycles. The van der Waals surface area contributed by atoms with Crippen molar-refractivity contribution in [3.8, 4) is 0 Å². The number of hydrogen-bond donors (Lipinski definition) is 1. The summed E-state index contributed by atoms with van der Waals surface area (Å²) in [6.45, 7) is 3.79. The summed E-state index contributed by atoms with van der Waals surface area (Å²) in [6, 6.07) is 0. The van der Waals surface area contributed by atoms with Gasteiger partial charge < -0.3 is 10.0 Å². The van der Waals surface area contributed by atoms with Crippen LogP contribution in [-0.2, 0) is 4.79 Å². The lowest BCUT2D eigenvalue weighted by atomic mass is 10.5. The number of aliphatic hydroxyl groups is 1. The average Bonchev–Trinajstić information content (AvgIpc) is 2.12. The van der Waals surface area contributed by atoms with Gasteiger partial charge in [0.2, 0.25) is 5.91 Å². The van der Waals surface area contributed by atoms with Crippen molar-refractivity contribution in [2.45, 2.75) is 6.23 Å². The number of amides is 1. The van der Waals surface area contributed by atoms with Gasteiger partial charge in [-0.25, -0.2) is 0 Å². The zero-order chi connectivity index (χ0) is 6.85. The van der Waals surface area contributed by atoms with E-state index < -0.39 is 6.23 Å². The molecule has 49 valence electrons. The summed E-state index contributed by atoms with van der Waals surface area (Å²) < 4.78 is 0. The molecular weight excluding hydrogens is 118 g/mol. The second-order valence-electron chi connectivity index (χ2n) is 1.80. The zero-order valence-electron chi connectivity index (χ0n) is 4.95. The van der Waals surface area contributed by atoms with Crippen molar-refractivity contribution in [3.05, 3.63) is 19.1 Å². The van der Waals surface area contributed by atoms with E-state index in [0.717, 1.165) is 0 Å². The summed E-state index contributed by atoms with van der Waals surface area (Å²) >= 11 is 0. The molecule has 0 aromatic rings. The molecule has 1 unspecified atom stereocenters. The van der Waals surface area contributed by atoms with Crippen LogP contribution in [0, 0.1) is 6.92 Å². The van der Waals surface area contributed by atoms with Crippen molar-refractivity contribution >= 4 is 5.91 Å². The van der Waals surface area contributed by atoms with Crippen LogP contribution >= 0.6 is 0 Å². The number of carbonyl (C=O) groups is 1. The molecule has 0 spiro atoms. The quantitative estimate of drug-likeness (QED) is 0.516. The second-order valence-corrected chi connectivity index (χ2v) is 1.80. The van der Waals surface area contributed by atoms with Gasteiger partial charge in [0.25, 0.3) is 0 Å². The van der Waals surface area contributed by atoms with Crippen molar-refractivity contribution in [3.63, 3.8) is 0 Å². The molecule has 0 fully saturated rings. The van der Waals surface area contributed by atoms with Gasteiger partial charge in [0.15, 0.2) is 0 Å². The van der Waals surface area contributed by atoms with Crippen LogP contribution in [0.15, 0.2) is 12.2 Å². The largest absolute Gasteiger partial charge is 0.370 e. The van der Waals surface area contributed by atoms with Crippen LogP contribution in [0.4, 0.5) is 0 Å². The van der Waals surface area contributed by atoms with Crippen molar-refractivity contribution in [2.75, 3.05) is 6.54 Å². The fourth-order valence-corrected chi connectivity index (χ4v) is 0.741. The molecule has 0 aliphatic carbocycles. The van der Waals surface area contributed by atoms with Gasteiger partial charge in [0.1, 0.15) is 6.23 Å². The maximum Gasteiger partial charge on any atom is 0.248 e. The molecule has 0 bridgehead atoms. The fourth-order valence-electron chi connectivity index (χ4n) is 0.741. The van der Waals surface area contributed by atoms with Gasteiger partial charge in [0, 0.05) is 12.6 Å². The van der Waals surface area contributed by atoms with Gasteiger partial charge >= 0.3 is 0 Å². The van der Waals surface area contributed by atoms with Crippen molar-refractivity contribution in [1.29, 1.82) is 0 Å². The maximum atomic E-state index is 10.7. The number of aliphatic hydroxyl groups excluding tert-OH is 1. The molecule has 9 heavy (non-hydrogen) atoms. The Balaban J connectivity index is 2.63. The lowest BCUT2D eigenvalue weighted by Crippen LogP contribution is -2.33. The molecule has 1 radical (unpaired) electrons. The van der Waals surface area contributed by atoms with Crippen LogP contribution in [0.25, 0.3) is 0 Å². The van der Waals surface area contributed by atoms with E-state index in [2.05, 4.69) is 6.92 Å². The number of carbonyl (C=O) groups excluding carboxylic acids is 1. The monoisotopic (exact) mass is 126 g/mol. The molecule has 1 amide bonds. The molecule has 3 nitrogen and oxygen atoms in total. The number of hydrogen-bond acceptors (Lipinski definition) is 2. The third-order valence-electron chi connectivity index (χ3n) is 1.25. The first-order valence-electron chi connectivity index (χ1n) is 2.72. The average molecular weight is 126 g/mol. The summed E-state index contributed by atoms with van der Waals surface area (Å²) in [4.78, 5) is 11.9. The van der Waals surface area contributed by atoms with Gasteiger partial charge in [-0.3, -0.25) is 4.79 Å². The third-order valence-corrected chi connectivity index (χ3v) is 1.25. The molecule has 1 N–H and O–H groups in total. The summed E-state index contributed by atoms with van der Waals surface area (Å²) in [5.74, 6) is -0.169. The summed E-state index contributed by atoms with van der Waals surface area (Å²) in [7, 11) is 0. The molecule has 0 aromatic heterocycles. The van der Waals surface area contributed by atoms with E-state index in [-0.39, 0.29) is 5.91 Å². The highest BCUT2D eigenvalue weighted by Crippen LogP contribution is 2.06. The van der Waals surface area contributed by atoms with Crippen LogP contribution in [0.1, 0.15) is 0 Å². The van der Waals surface area contributed by atoms with E-state index in [1.54, 1.807) is 0 Å². The predicted molar refractivity (Wildman–Crippen MR) is 32.2 cm³/mol. The number of nitrogens with zero attached hydrogens (tertiary/aromatic N) is 1. The number of rotatable bonds is 1. The fraction of sp³-hybridized carbons (Fsp3) is 0.333. The van der Waals surface area contributed by atoms with Crippen LogP contribution in [0.5, 0.6) is 0 Å². The van der Waals surface area contributed by atoms with Crippen molar-refractivity contribution in [2.24, 2.45) is 0 Å². The Bertz CT molecular complexity index is 153. The van der Waals surface area contributed by atoms with Crippen LogP contribution in [0.3, 0.4) is 0 Å². The lowest BCUT2D eigenvalue weighted by molar-refractivity contribution is -0.129. The van der Waals surface area contributed by atoms with Crippen LogP contribution in [-0.4, -0.2) is 28.7 Å². The van der Waals surface area contributed by atoms with E-state index in [0.29, 0.717) is 6.54 Å². The first-order chi connectivity index (χ1) is 4.25. The summed E-state index contributed by atoms with van der Waals surface area (Å²) in [5, 5.41) is 8.94. The van der Waals surface area contributed by atoms with Crippen molar-refractivity contribution in [1.82, 2.24) is 4.90 Å². The SMILES string of the molecule is [CH2]CN1C(=O)C=CC1O. The molecule has 1 rings (SSSR count). The minimum Gasteiger partial charge on any atom is -0.370 e. The molecule has 1 heterocycles. The first kappa shape index (κ1) is 6.29. The standard InChI is InChI=1S/C6H8NO2/c1-2-7-5(8)3-4-6(7)9/h3-5,8H,1-2H2. The van der Waals surface area contributed by atoms with E-state index in [4.69, 9.17) is 5.11 Å². The molecule has 1 aliphatic rings. The third kappa shape index (κ3) is 0.954. The van der Waals surface area contributed by atoms with E-state index in [1.807, 2.05) is 0 Å². The highest BCUT2D eigenvalue weighted by atomic mass is 16.3. The minimum absolute atomic E-state index is 0.169. The zero-order valence-corrected chi connectivity index (χ0v) is 4.95. The molecule has 1 atom stereocenters. The lowest BCUT2D eigenvalue weighted by Gasteiger charge is -2.16. The van der Waals surface area contributed by atoms with Crippen molar-refractivity contribution < 1.29 is 9.90 Å². The predicted octanol–water partition coefficient (Wildman–Crippen LogP) is -0.463. The van der Waals surface area contributed by atoms with Gasteiger partial charge in [0.05, 0.1) is 0 Å². The smallest absolute Gasteiger partial charge is 0.248 e. The van der Waals surface area contributed by atoms with E-state index >= 15 is 0 Å². The highest BCUT2D eigenvalue weighted by Gasteiger charge is 2.20.